The first-order valence-corrected chi connectivity index (χ1v) is 6.75. The summed E-state index contributed by atoms with van der Waals surface area (Å²) in [5.74, 6) is 1.90. The van der Waals surface area contributed by atoms with Gasteiger partial charge in [0.2, 0.25) is 0 Å². The van der Waals surface area contributed by atoms with Crippen LogP contribution in [0.1, 0.15) is 30.4 Å². The Morgan fingerprint density at radius 1 is 1.41 bits per heavy atom. The smallest absolute Gasteiger partial charge is 0.0964 e. The Labute approximate surface area is 105 Å². The minimum atomic E-state index is 0.773. The summed E-state index contributed by atoms with van der Waals surface area (Å²) in [4.78, 5) is 0. The Morgan fingerprint density at radius 2 is 2.29 bits per heavy atom. The van der Waals surface area contributed by atoms with Gasteiger partial charge in [-0.05, 0) is 61.0 Å². The van der Waals surface area contributed by atoms with Gasteiger partial charge < -0.3 is 0 Å². The van der Waals surface area contributed by atoms with Crippen molar-refractivity contribution in [1.29, 1.82) is 0 Å². The molecule has 2 saturated carbocycles. The van der Waals surface area contributed by atoms with Crippen LogP contribution in [-0.4, -0.2) is 7.85 Å². The Balaban J connectivity index is 1.46. The zero-order valence-electron chi connectivity index (χ0n) is 10.4. The van der Waals surface area contributed by atoms with Crippen molar-refractivity contribution in [2.24, 2.45) is 17.3 Å². The van der Waals surface area contributed by atoms with E-state index in [9.17, 15) is 0 Å². The molecule has 0 saturated heterocycles. The van der Waals surface area contributed by atoms with Crippen molar-refractivity contribution in [2.45, 2.75) is 32.6 Å². The average molecular weight is 220 g/mol. The fraction of sp³-hybridized carbons (Fsp3) is 0.500. The van der Waals surface area contributed by atoms with E-state index < -0.39 is 0 Å². The van der Waals surface area contributed by atoms with Crippen molar-refractivity contribution < 1.29 is 0 Å². The quantitative estimate of drug-likeness (QED) is 0.542. The maximum absolute atomic E-state index is 5.86. The molecule has 2 radical (unpaired) electrons. The first-order valence-electron chi connectivity index (χ1n) is 6.75. The molecule has 0 bridgehead atoms. The minimum absolute atomic E-state index is 0.773. The summed E-state index contributed by atoms with van der Waals surface area (Å²) in [5.41, 5.74) is 6.30. The lowest BCUT2D eigenvalue weighted by molar-refractivity contribution is 0.506. The van der Waals surface area contributed by atoms with Gasteiger partial charge in [0.15, 0.2) is 0 Å². The van der Waals surface area contributed by atoms with Crippen LogP contribution in [0.2, 0.25) is 0 Å². The van der Waals surface area contributed by atoms with Crippen LogP contribution in [0.4, 0.5) is 0 Å². The standard InChI is InChI=1S/C16H17B/c1-10-2-5-14(17)7-11(10)3-4-12-6-13-8-16(13)9-15(12)16/h2,5-7,12,15H,3-4,8-9H2,1H3. The van der Waals surface area contributed by atoms with E-state index in [2.05, 4.69) is 25.1 Å². The molecule has 0 nitrogen and oxygen atoms in total. The van der Waals surface area contributed by atoms with E-state index in [1.165, 1.54) is 36.8 Å². The second kappa shape index (κ2) is 3.07. The fourth-order valence-corrected chi connectivity index (χ4v) is 3.93. The highest BCUT2D eigenvalue weighted by Crippen LogP contribution is 2.81. The fourth-order valence-electron chi connectivity index (χ4n) is 3.93. The molecule has 3 aliphatic carbocycles. The molecule has 0 aromatic heterocycles. The minimum Gasteiger partial charge on any atom is -0.0964 e. The SMILES string of the molecule is [B]c1ccc(C)c(CCC2C=C3CC34CC24)c1. The molecule has 84 valence electrons. The first kappa shape index (κ1) is 9.99. The van der Waals surface area contributed by atoms with E-state index in [0.29, 0.717) is 0 Å². The van der Waals surface area contributed by atoms with Crippen LogP contribution in [0.5, 0.6) is 0 Å². The molecule has 17 heavy (non-hydrogen) atoms. The van der Waals surface area contributed by atoms with E-state index in [4.69, 9.17) is 7.85 Å². The summed E-state index contributed by atoms with van der Waals surface area (Å²) in [6.45, 7) is 2.19. The third-order valence-electron chi connectivity index (χ3n) is 5.21. The van der Waals surface area contributed by atoms with Crippen LogP contribution in [0.25, 0.3) is 0 Å². The van der Waals surface area contributed by atoms with Crippen LogP contribution in [0, 0.1) is 24.2 Å². The second-order valence-corrected chi connectivity index (χ2v) is 6.22. The van der Waals surface area contributed by atoms with Crippen molar-refractivity contribution in [3.63, 3.8) is 0 Å². The number of hydrogen-bond acceptors (Lipinski definition) is 0. The Hall–Kier alpha value is -0.975. The average Bonchev–Trinajstić information content (AvgIpc) is 3.18. The number of benzene rings is 1. The van der Waals surface area contributed by atoms with Gasteiger partial charge in [-0.15, -0.1) is 0 Å². The summed E-state index contributed by atoms with van der Waals surface area (Å²) >= 11 is 0. The summed E-state index contributed by atoms with van der Waals surface area (Å²) < 4.78 is 0. The lowest BCUT2D eigenvalue weighted by atomic mass is 9.88. The van der Waals surface area contributed by atoms with Gasteiger partial charge in [-0.3, -0.25) is 0 Å². The highest BCUT2D eigenvalue weighted by Gasteiger charge is 2.71. The van der Waals surface area contributed by atoms with E-state index >= 15 is 0 Å². The molecule has 0 amide bonds. The van der Waals surface area contributed by atoms with E-state index in [1.54, 1.807) is 5.57 Å². The molecule has 0 N–H and O–H groups in total. The van der Waals surface area contributed by atoms with Gasteiger partial charge in [0.05, 0.1) is 0 Å². The molecule has 1 aromatic rings. The molecule has 1 aromatic carbocycles. The third kappa shape index (κ3) is 1.38. The molecule has 0 aliphatic heterocycles. The van der Waals surface area contributed by atoms with Crippen LogP contribution in [0.15, 0.2) is 29.8 Å². The van der Waals surface area contributed by atoms with Crippen LogP contribution in [0.3, 0.4) is 0 Å². The van der Waals surface area contributed by atoms with Gasteiger partial charge in [-0.1, -0.05) is 35.3 Å². The summed E-state index contributed by atoms with van der Waals surface area (Å²) in [6.07, 6.45) is 8.03. The predicted octanol–water partition coefficient (Wildman–Crippen LogP) is 2.69. The largest absolute Gasteiger partial charge is 0.113 e. The highest BCUT2D eigenvalue weighted by atomic mass is 14.8. The molecule has 4 rings (SSSR count). The zero-order chi connectivity index (χ0) is 11.6. The van der Waals surface area contributed by atoms with E-state index in [-0.39, 0.29) is 0 Å². The number of hydrogen-bond donors (Lipinski definition) is 0. The van der Waals surface area contributed by atoms with Gasteiger partial charge in [0, 0.05) is 0 Å². The van der Waals surface area contributed by atoms with Crippen molar-refractivity contribution >= 4 is 13.3 Å². The Bertz CT molecular complexity index is 528. The summed E-state index contributed by atoms with van der Waals surface area (Å²) in [7, 11) is 5.86. The highest BCUT2D eigenvalue weighted by molar-refractivity contribution is 6.32. The lowest BCUT2D eigenvalue weighted by Gasteiger charge is -2.12. The predicted molar refractivity (Wildman–Crippen MR) is 71.6 cm³/mol. The second-order valence-electron chi connectivity index (χ2n) is 6.22. The maximum atomic E-state index is 5.86. The number of aryl methyl sites for hydroxylation is 2. The van der Waals surface area contributed by atoms with E-state index in [0.717, 1.165) is 22.7 Å². The maximum Gasteiger partial charge on any atom is 0.113 e. The van der Waals surface area contributed by atoms with Crippen LogP contribution in [-0.2, 0) is 6.42 Å². The first-order chi connectivity index (χ1) is 8.19. The normalized spacial score (nSPS) is 36.2. The molecule has 1 heteroatoms. The zero-order valence-corrected chi connectivity index (χ0v) is 10.4. The van der Waals surface area contributed by atoms with Gasteiger partial charge in [0.25, 0.3) is 0 Å². The van der Waals surface area contributed by atoms with E-state index in [1.807, 2.05) is 6.07 Å². The Morgan fingerprint density at radius 3 is 3.00 bits per heavy atom. The summed E-state index contributed by atoms with van der Waals surface area (Å²) in [5, 5.41) is 0. The van der Waals surface area contributed by atoms with Crippen molar-refractivity contribution in [1.82, 2.24) is 0 Å². The molecule has 0 heterocycles. The van der Waals surface area contributed by atoms with Gasteiger partial charge in [0.1, 0.15) is 7.85 Å². The molecule has 1 spiro atoms. The van der Waals surface area contributed by atoms with Crippen LogP contribution >= 0.6 is 0 Å². The topological polar surface area (TPSA) is 0 Å². The number of allylic oxidation sites excluding steroid dienone is 2. The lowest BCUT2D eigenvalue weighted by Crippen LogP contribution is -2.07. The van der Waals surface area contributed by atoms with Gasteiger partial charge in [-0.2, -0.15) is 0 Å². The Kier molecular flexibility index (Phi) is 1.81. The molecule has 2 fully saturated rings. The molecule has 3 unspecified atom stereocenters. The molecule has 3 aliphatic rings. The molecule has 3 atom stereocenters. The summed E-state index contributed by atoms with van der Waals surface area (Å²) in [6, 6.07) is 6.30. The van der Waals surface area contributed by atoms with Gasteiger partial charge >= 0.3 is 0 Å². The van der Waals surface area contributed by atoms with Gasteiger partial charge in [-0.25, -0.2) is 0 Å². The van der Waals surface area contributed by atoms with Crippen molar-refractivity contribution in [2.75, 3.05) is 0 Å². The molecular formula is C16H17B. The third-order valence-corrected chi connectivity index (χ3v) is 5.21. The number of rotatable bonds is 3. The molecular weight excluding hydrogens is 203 g/mol. The monoisotopic (exact) mass is 220 g/mol. The van der Waals surface area contributed by atoms with Crippen LogP contribution < -0.4 is 5.46 Å². The van der Waals surface area contributed by atoms with Crippen molar-refractivity contribution in [3.05, 3.63) is 41.0 Å². The van der Waals surface area contributed by atoms with Crippen molar-refractivity contribution in [3.8, 4) is 0 Å².